The third kappa shape index (κ3) is 9.21. The van der Waals surface area contributed by atoms with Gasteiger partial charge in [0.15, 0.2) is 0 Å². The van der Waals surface area contributed by atoms with Gasteiger partial charge < -0.3 is 0 Å². The highest BCUT2D eigenvalue weighted by atomic mass is 16.4. The van der Waals surface area contributed by atoms with Crippen LogP contribution in [0.5, 0.6) is 0 Å². The van der Waals surface area contributed by atoms with Gasteiger partial charge in [0.25, 0.3) is 0 Å². The molecule has 0 aromatic heterocycles. The first kappa shape index (κ1) is 11.2. The van der Waals surface area contributed by atoms with E-state index in [-0.39, 0.29) is 6.42 Å². The van der Waals surface area contributed by atoms with Crippen LogP contribution in [0, 0.1) is 0 Å². The molecular formula is C10H17O2. The molecule has 0 saturated heterocycles. The number of unbranched alkanes of at least 4 members (excludes halogenated alkanes) is 5. The zero-order valence-electron chi connectivity index (χ0n) is 7.55. The van der Waals surface area contributed by atoms with Crippen LogP contribution < -0.4 is 0 Å². The van der Waals surface area contributed by atoms with Crippen molar-refractivity contribution in [1.29, 1.82) is 0 Å². The molecule has 0 aliphatic heterocycles. The molecule has 0 amide bonds. The van der Waals surface area contributed by atoms with Crippen LogP contribution in [0.3, 0.4) is 0 Å². The van der Waals surface area contributed by atoms with Gasteiger partial charge in [-0.2, -0.15) is 0 Å². The summed E-state index contributed by atoms with van der Waals surface area (Å²) in [6.45, 7) is 3.63. The van der Waals surface area contributed by atoms with Crippen LogP contribution in [-0.4, -0.2) is 5.97 Å². The molecule has 0 aliphatic carbocycles. The molecule has 2 heteroatoms. The molecule has 0 aromatic carbocycles. The van der Waals surface area contributed by atoms with Crippen molar-refractivity contribution in [1.82, 2.24) is 0 Å². The van der Waals surface area contributed by atoms with Crippen LogP contribution in [0.25, 0.3) is 0 Å². The van der Waals surface area contributed by atoms with Gasteiger partial charge in [-0.15, -0.1) is 6.58 Å². The first-order valence-corrected chi connectivity index (χ1v) is 4.58. The van der Waals surface area contributed by atoms with Crippen molar-refractivity contribution in [2.75, 3.05) is 0 Å². The maximum atomic E-state index is 10.0. The van der Waals surface area contributed by atoms with Crippen molar-refractivity contribution in [3.8, 4) is 0 Å². The summed E-state index contributed by atoms with van der Waals surface area (Å²) in [7, 11) is 0. The summed E-state index contributed by atoms with van der Waals surface area (Å²) in [5.41, 5.74) is 0. The third-order valence-corrected chi connectivity index (χ3v) is 1.79. The van der Waals surface area contributed by atoms with Crippen molar-refractivity contribution in [3.05, 3.63) is 12.7 Å². The fourth-order valence-electron chi connectivity index (χ4n) is 1.09. The van der Waals surface area contributed by atoms with Gasteiger partial charge in [-0.1, -0.05) is 25.3 Å². The molecule has 0 rings (SSSR count). The van der Waals surface area contributed by atoms with E-state index in [0.29, 0.717) is 0 Å². The summed E-state index contributed by atoms with van der Waals surface area (Å²) >= 11 is 0. The van der Waals surface area contributed by atoms with Gasteiger partial charge in [0.1, 0.15) is 0 Å². The normalized spacial score (nSPS) is 9.67. The predicted molar refractivity (Wildman–Crippen MR) is 48.2 cm³/mol. The van der Waals surface area contributed by atoms with E-state index >= 15 is 0 Å². The van der Waals surface area contributed by atoms with Crippen molar-refractivity contribution in [2.24, 2.45) is 0 Å². The molecule has 0 atom stereocenters. The topological polar surface area (TPSA) is 37.0 Å². The quantitative estimate of drug-likeness (QED) is 0.406. The lowest BCUT2D eigenvalue weighted by atomic mass is 10.1. The number of carbonyl (C=O) groups is 1. The fraction of sp³-hybridized carbons (Fsp3) is 0.700. The van der Waals surface area contributed by atoms with Crippen LogP contribution in [-0.2, 0) is 9.90 Å². The minimum atomic E-state index is -0.930. The van der Waals surface area contributed by atoms with E-state index in [4.69, 9.17) is 0 Å². The Bertz CT molecular complexity index is 130. The Morgan fingerprint density at radius 2 is 1.67 bits per heavy atom. The summed E-state index contributed by atoms with van der Waals surface area (Å²) < 4.78 is 0. The van der Waals surface area contributed by atoms with E-state index in [9.17, 15) is 9.90 Å². The second-order valence-electron chi connectivity index (χ2n) is 2.97. The molecule has 0 N–H and O–H groups in total. The molecule has 0 spiro atoms. The lowest BCUT2D eigenvalue weighted by molar-refractivity contribution is -0.143. The highest BCUT2D eigenvalue weighted by Gasteiger charge is 1.97. The van der Waals surface area contributed by atoms with Crippen molar-refractivity contribution >= 4 is 5.97 Å². The Hall–Kier alpha value is -0.790. The van der Waals surface area contributed by atoms with E-state index in [2.05, 4.69) is 6.58 Å². The van der Waals surface area contributed by atoms with Gasteiger partial charge in [-0.25, -0.2) is 9.90 Å². The molecule has 0 aliphatic rings. The maximum Gasteiger partial charge on any atom is 0.355 e. The van der Waals surface area contributed by atoms with Crippen molar-refractivity contribution in [2.45, 2.75) is 44.9 Å². The number of hydrogen-bond donors (Lipinski definition) is 0. The van der Waals surface area contributed by atoms with Gasteiger partial charge in [-0.3, -0.25) is 0 Å². The summed E-state index contributed by atoms with van der Waals surface area (Å²) in [5, 5.41) is 10.0. The lowest BCUT2D eigenvalue weighted by Crippen LogP contribution is -1.91. The van der Waals surface area contributed by atoms with E-state index < -0.39 is 5.97 Å². The molecule has 0 saturated carbocycles. The first-order valence-electron chi connectivity index (χ1n) is 4.58. The lowest BCUT2D eigenvalue weighted by Gasteiger charge is -1.96. The number of allylic oxidation sites excluding steroid dienone is 1. The second-order valence-corrected chi connectivity index (χ2v) is 2.97. The standard InChI is InChI=1S/C10H17O2/c1-2-3-4-5-6-7-8-9-10(11)12/h2H,1,3-9H2. The zero-order valence-corrected chi connectivity index (χ0v) is 7.55. The highest BCUT2D eigenvalue weighted by Crippen LogP contribution is 2.07. The fourth-order valence-corrected chi connectivity index (χ4v) is 1.09. The van der Waals surface area contributed by atoms with Gasteiger partial charge >= 0.3 is 5.97 Å². The van der Waals surface area contributed by atoms with Gasteiger partial charge in [-0.05, 0) is 19.3 Å². The average molecular weight is 169 g/mol. The zero-order chi connectivity index (χ0) is 9.23. The molecule has 1 radical (unpaired) electrons. The SMILES string of the molecule is C=CCCCCCCCC([O])=O. The molecule has 69 valence electrons. The number of hydrogen-bond acceptors (Lipinski definition) is 1. The Morgan fingerprint density at radius 1 is 1.08 bits per heavy atom. The van der Waals surface area contributed by atoms with Crippen LogP contribution in [0.2, 0.25) is 0 Å². The monoisotopic (exact) mass is 169 g/mol. The molecule has 12 heavy (non-hydrogen) atoms. The van der Waals surface area contributed by atoms with Crippen molar-refractivity contribution in [3.63, 3.8) is 0 Å². The minimum absolute atomic E-state index is 0.210. The summed E-state index contributed by atoms with van der Waals surface area (Å²) in [5.74, 6) is -0.930. The largest absolute Gasteiger partial charge is 0.355 e. The minimum Gasteiger partial charge on any atom is -0.247 e. The van der Waals surface area contributed by atoms with E-state index in [1.54, 1.807) is 0 Å². The summed E-state index contributed by atoms with van der Waals surface area (Å²) in [6.07, 6.45) is 8.44. The smallest absolute Gasteiger partial charge is 0.247 e. The Morgan fingerprint density at radius 3 is 2.25 bits per heavy atom. The van der Waals surface area contributed by atoms with Gasteiger partial charge in [0.05, 0.1) is 6.42 Å². The highest BCUT2D eigenvalue weighted by molar-refractivity contribution is 5.66. The molecule has 0 fully saturated rings. The second kappa shape index (κ2) is 8.31. The van der Waals surface area contributed by atoms with Crippen LogP contribution in [0.1, 0.15) is 44.9 Å². The number of rotatable bonds is 8. The molecule has 0 bridgehead atoms. The van der Waals surface area contributed by atoms with E-state index in [0.717, 1.165) is 25.7 Å². The van der Waals surface area contributed by atoms with Gasteiger partial charge in [0, 0.05) is 0 Å². The Labute approximate surface area is 74.3 Å². The third-order valence-electron chi connectivity index (χ3n) is 1.79. The number of carbonyl (C=O) groups excluding carboxylic acids is 1. The molecular weight excluding hydrogens is 152 g/mol. The molecule has 0 heterocycles. The van der Waals surface area contributed by atoms with Crippen LogP contribution in [0.15, 0.2) is 12.7 Å². The average Bonchev–Trinajstić information content (AvgIpc) is 2.02. The van der Waals surface area contributed by atoms with Crippen molar-refractivity contribution < 1.29 is 9.90 Å². The summed E-state index contributed by atoms with van der Waals surface area (Å²) in [4.78, 5) is 10.0. The Balaban J connectivity index is 2.90. The van der Waals surface area contributed by atoms with Gasteiger partial charge in [0.2, 0.25) is 0 Å². The first-order chi connectivity index (χ1) is 5.77. The molecule has 0 unspecified atom stereocenters. The maximum absolute atomic E-state index is 10.0. The predicted octanol–water partition coefficient (Wildman–Crippen LogP) is 2.86. The summed E-state index contributed by atoms with van der Waals surface area (Å²) in [6, 6.07) is 0. The molecule has 0 aromatic rings. The van der Waals surface area contributed by atoms with E-state index in [1.807, 2.05) is 6.08 Å². The van der Waals surface area contributed by atoms with Crippen LogP contribution >= 0.6 is 0 Å². The Kier molecular flexibility index (Phi) is 7.76. The van der Waals surface area contributed by atoms with Crippen LogP contribution in [0.4, 0.5) is 0 Å². The van der Waals surface area contributed by atoms with E-state index in [1.165, 1.54) is 12.8 Å². The molecule has 2 nitrogen and oxygen atoms in total.